The lowest BCUT2D eigenvalue weighted by Crippen LogP contribution is -2.11. The highest BCUT2D eigenvalue weighted by molar-refractivity contribution is 7.57. The maximum atomic E-state index is 12.2. The summed E-state index contributed by atoms with van der Waals surface area (Å²) in [5.41, 5.74) is -0.125. The molecule has 0 aromatic rings. The van der Waals surface area contributed by atoms with Crippen molar-refractivity contribution in [2.45, 2.75) is 20.3 Å². The highest BCUT2D eigenvalue weighted by Gasteiger charge is 2.25. The molecule has 0 fully saturated rings. The second-order valence-corrected chi connectivity index (χ2v) is 5.13. The van der Waals surface area contributed by atoms with Gasteiger partial charge in [-0.2, -0.15) is 0 Å². The highest BCUT2D eigenvalue weighted by Crippen LogP contribution is 2.50. The molecular weight excluding hydrogens is 275 g/mol. The molecule has 19 heavy (non-hydrogen) atoms. The maximum absolute atomic E-state index is 12.2. The first-order valence-corrected chi connectivity index (χ1v) is 7.29. The average Bonchev–Trinajstić information content (AvgIpc) is 2.37. The minimum Gasteiger partial charge on any atom is -0.469 e. The first-order valence-electron chi connectivity index (χ1n) is 5.68. The predicted octanol–water partition coefficient (Wildman–Crippen LogP) is 1.87. The average molecular weight is 294 g/mol. The SMILES string of the molecule is CCOP(=O)(/C=C(/CC(=O)OC)C(=O)OC)OCC. The Hall–Kier alpha value is -1.17. The molecule has 0 saturated carbocycles. The Kier molecular flexibility index (Phi) is 8.30. The second kappa shape index (κ2) is 8.85. The van der Waals surface area contributed by atoms with E-state index in [1.807, 2.05) is 0 Å². The van der Waals surface area contributed by atoms with Crippen molar-refractivity contribution in [3.63, 3.8) is 0 Å². The molecule has 0 saturated heterocycles. The van der Waals surface area contributed by atoms with E-state index in [9.17, 15) is 14.2 Å². The summed E-state index contributed by atoms with van der Waals surface area (Å²) in [6.45, 7) is 3.55. The Morgan fingerprint density at radius 3 is 1.95 bits per heavy atom. The number of hydrogen-bond donors (Lipinski definition) is 0. The Bertz CT molecular complexity index is 379. The van der Waals surface area contributed by atoms with Crippen LogP contribution in [0.3, 0.4) is 0 Å². The molecule has 0 N–H and O–H groups in total. The molecule has 0 spiro atoms. The molecule has 0 atom stereocenters. The van der Waals surface area contributed by atoms with E-state index in [1.54, 1.807) is 13.8 Å². The summed E-state index contributed by atoms with van der Waals surface area (Å²) in [5, 5.41) is 0. The fourth-order valence-electron chi connectivity index (χ4n) is 1.19. The van der Waals surface area contributed by atoms with Gasteiger partial charge in [0.25, 0.3) is 0 Å². The molecule has 8 heteroatoms. The maximum Gasteiger partial charge on any atom is 0.354 e. The zero-order valence-electron chi connectivity index (χ0n) is 11.5. The van der Waals surface area contributed by atoms with Gasteiger partial charge in [-0.25, -0.2) is 4.79 Å². The zero-order valence-corrected chi connectivity index (χ0v) is 12.4. The number of ether oxygens (including phenoxy) is 2. The Morgan fingerprint density at radius 2 is 1.58 bits per heavy atom. The molecule has 0 aliphatic carbocycles. The minimum absolute atomic E-state index is 0.125. The van der Waals surface area contributed by atoms with Crippen LogP contribution < -0.4 is 0 Å². The Labute approximate surface area is 112 Å². The highest BCUT2D eigenvalue weighted by atomic mass is 31.2. The lowest BCUT2D eigenvalue weighted by molar-refractivity contribution is -0.143. The van der Waals surface area contributed by atoms with Crippen LogP contribution in [0.1, 0.15) is 20.3 Å². The topological polar surface area (TPSA) is 88.1 Å². The number of methoxy groups -OCH3 is 2. The number of hydrogen-bond acceptors (Lipinski definition) is 7. The van der Waals surface area contributed by atoms with E-state index in [0.717, 1.165) is 12.9 Å². The van der Waals surface area contributed by atoms with Crippen LogP contribution in [0.5, 0.6) is 0 Å². The van der Waals surface area contributed by atoms with Gasteiger partial charge in [0.15, 0.2) is 0 Å². The molecule has 0 aromatic carbocycles. The predicted molar refractivity (Wildman–Crippen MR) is 67.6 cm³/mol. The quantitative estimate of drug-likeness (QED) is 0.383. The molecule has 0 aliphatic heterocycles. The molecule has 0 amide bonds. The Balaban J connectivity index is 5.29. The summed E-state index contributed by atoms with van der Waals surface area (Å²) in [7, 11) is -1.24. The summed E-state index contributed by atoms with van der Waals surface area (Å²) in [5.74, 6) is -0.441. The van der Waals surface area contributed by atoms with Gasteiger partial charge in [0.05, 0.1) is 39.4 Å². The third kappa shape index (κ3) is 6.52. The Morgan fingerprint density at radius 1 is 1.05 bits per heavy atom. The molecule has 0 rings (SSSR count). The second-order valence-electron chi connectivity index (χ2n) is 3.27. The molecule has 0 aliphatic rings. The van der Waals surface area contributed by atoms with Crippen LogP contribution in [-0.2, 0) is 32.7 Å². The van der Waals surface area contributed by atoms with E-state index in [4.69, 9.17) is 9.05 Å². The lowest BCUT2D eigenvalue weighted by atomic mass is 10.2. The van der Waals surface area contributed by atoms with Gasteiger partial charge in [-0.3, -0.25) is 9.36 Å². The van der Waals surface area contributed by atoms with Gasteiger partial charge in [-0.15, -0.1) is 0 Å². The standard InChI is InChI=1S/C11H19O7P/c1-5-17-19(14,18-6-2)8-9(11(13)16-4)7-10(12)15-3/h8H,5-7H2,1-4H3/b9-8-. The third-order valence-corrected chi connectivity index (χ3v) is 3.81. The smallest absolute Gasteiger partial charge is 0.354 e. The molecule has 0 unspecified atom stereocenters. The molecule has 0 aromatic heterocycles. The summed E-state index contributed by atoms with van der Waals surface area (Å²) in [4.78, 5) is 22.7. The molecule has 0 heterocycles. The zero-order chi connectivity index (χ0) is 14.9. The van der Waals surface area contributed by atoms with Gasteiger partial charge in [0.2, 0.25) is 0 Å². The van der Waals surface area contributed by atoms with Crippen LogP contribution in [0.25, 0.3) is 0 Å². The van der Waals surface area contributed by atoms with Crippen LogP contribution in [0.4, 0.5) is 0 Å². The molecule has 0 radical (unpaired) electrons. The van der Waals surface area contributed by atoms with Crippen LogP contribution >= 0.6 is 7.60 Å². The van der Waals surface area contributed by atoms with Gasteiger partial charge >= 0.3 is 19.5 Å². The summed E-state index contributed by atoms with van der Waals surface area (Å²) in [6, 6.07) is 0. The monoisotopic (exact) mass is 294 g/mol. The van der Waals surface area contributed by atoms with E-state index >= 15 is 0 Å². The summed E-state index contributed by atoms with van der Waals surface area (Å²) >= 11 is 0. The van der Waals surface area contributed by atoms with Gasteiger partial charge in [0, 0.05) is 5.82 Å². The molecular formula is C11H19O7P. The van der Waals surface area contributed by atoms with Crippen molar-refractivity contribution >= 4 is 19.5 Å². The van der Waals surface area contributed by atoms with Crippen LogP contribution in [0.15, 0.2) is 11.4 Å². The first-order chi connectivity index (χ1) is 8.92. The van der Waals surface area contributed by atoms with Gasteiger partial charge in [-0.1, -0.05) is 0 Å². The number of carbonyl (C=O) groups is 2. The normalized spacial score (nSPS) is 12.1. The summed E-state index contributed by atoms with van der Waals surface area (Å²) < 4.78 is 31.2. The number of esters is 2. The third-order valence-electron chi connectivity index (χ3n) is 1.94. The van der Waals surface area contributed by atoms with Crippen molar-refractivity contribution in [3.05, 3.63) is 11.4 Å². The van der Waals surface area contributed by atoms with E-state index in [1.165, 1.54) is 7.11 Å². The lowest BCUT2D eigenvalue weighted by Gasteiger charge is -2.14. The largest absolute Gasteiger partial charge is 0.469 e. The van der Waals surface area contributed by atoms with Gasteiger partial charge in [-0.05, 0) is 13.8 Å². The van der Waals surface area contributed by atoms with E-state index in [0.29, 0.717) is 0 Å². The van der Waals surface area contributed by atoms with E-state index < -0.39 is 19.5 Å². The van der Waals surface area contributed by atoms with E-state index in [-0.39, 0.29) is 25.2 Å². The van der Waals surface area contributed by atoms with Crippen molar-refractivity contribution in [1.29, 1.82) is 0 Å². The van der Waals surface area contributed by atoms with Crippen molar-refractivity contribution < 1.29 is 32.7 Å². The fourth-order valence-corrected chi connectivity index (χ4v) is 2.71. The number of rotatable bonds is 8. The molecule has 110 valence electrons. The fraction of sp³-hybridized carbons (Fsp3) is 0.636. The van der Waals surface area contributed by atoms with Crippen LogP contribution in [-0.4, -0.2) is 39.4 Å². The first kappa shape index (κ1) is 17.8. The van der Waals surface area contributed by atoms with Crippen molar-refractivity contribution in [1.82, 2.24) is 0 Å². The van der Waals surface area contributed by atoms with Gasteiger partial charge in [0.1, 0.15) is 0 Å². The minimum atomic E-state index is -3.58. The van der Waals surface area contributed by atoms with Crippen molar-refractivity contribution in [3.8, 4) is 0 Å². The van der Waals surface area contributed by atoms with Crippen molar-refractivity contribution in [2.24, 2.45) is 0 Å². The number of carbonyl (C=O) groups excluding carboxylic acids is 2. The molecule has 7 nitrogen and oxygen atoms in total. The van der Waals surface area contributed by atoms with Gasteiger partial charge < -0.3 is 18.5 Å². The van der Waals surface area contributed by atoms with E-state index in [2.05, 4.69) is 9.47 Å². The summed E-state index contributed by atoms with van der Waals surface area (Å²) in [6.07, 6.45) is -0.368. The van der Waals surface area contributed by atoms with Crippen LogP contribution in [0.2, 0.25) is 0 Å². The van der Waals surface area contributed by atoms with Crippen LogP contribution in [0, 0.1) is 0 Å². The molecule has 0 bridgehead atoms. The van der Waals surface area contributed by atoms with Crippen molar-refractivity contribution in [2.75, 3.05) is 27.4 Å².